The Morgan fingerprint density at radius 1 is 1.36 bits per heavy atom. The number of aryl methyl sites for hydroxylation is 1. The SMILES string of the molecule is COCCN(C)Cc1cc(Nc2nc(C)cn3c(-c4cn[nH]c4)cnc23)sn1. The van der Waals surface area contributed by atoms with E-state index in [0.29, 0.717) is 12.4 Å². The summed E-state index contributed by atoms with van der Waals surface area (Å²) in [7, 11) is 3.76. The molecule has 28 heavy (non-hydrogen) atoms. The number of nitrogens with one attached hydrogen (secondary N) is 2. The number of rotatable bonds is 8. The van der Waals surface area contributed by atoms with Crippen LogP contribution in [0.4, 0.5) is 10.8 Å². The monoisotopic (exact) mass is 398 g/mol. The predicted molar refractivity (Wildman–Crippen MR) is 109 cm³/mol. The highest BCUT2D eigenvalue weighted by Gasteiger charge is 2.14. The number of nitrogens with zero attached hydrogens (tertiary/aromatic N) is 6. The van der Waals surface area contributed by atoms with Gasteiger partial charge in [-0.1, -0.05) is 0 Å². The van der Waals surface area contributed by atoms with E-state index in [2.05, 4.69) is 47.9 Å². The highest BCUT2D eigenvalue weighted by Crippen LogP contribution is 2.27. The van der Waals surface area contributed by atoms with E-state index < -0.39 is 0 Å². The Hall–Kier alpha value is -2.82. The van der Waals surface area contributed by atoms with Gasteiger partial charge in [0.1, 0.15) is 5.00 Å². The van der Waals surface area contributed by atoms with Crippen LogP contribution < -0.4 is 5.32 Å². The molecule has 4 aromatic heterocycles. The number of hydrogen-bond donors (Lipinski definition) is 2. The van der Waals surface area contributed by atoms with Gasteiger partial charge in [-0.3, -0.25) is 14.4 Å². The summed E-state index contributed by atoms with van der Waals surface area (Å²) >= 11 is 1.42. The minimum atomic E-state index is 0.704. The molecule has 0 aromatic carbocycles. The summed E-state index contributed by atoms with van der Waals surface area (Å²) in [5.74, 6) is 0.706. The third-order valence-electron chi connectivity index (χ3n) is 4.32. The lowest BCUT2D eigenvalue weighted by Crippen LogP contribution is -2.22. The molecule has 0 unspecified atom stereocenters. The molecule has 0 aliphatic heterocycles. The Kier molecular flexibility index (Phi) is 5.33. The maximum atomic E-state index is 5.12. The van der Waals surface area contributed by atoms with Crippen LogP contribution in [0.2, 0.25) is 0 Å². The molecule has 0 radical (unpaired) electrons. The summed E-state index contributed by atoms with van der Waals surface area (Å²) in [6, 6.07) is 2.05. The number of H-pyrrole nitrogens is 1. The molecule has 4 heterocycles. The second kappa shape index (κ2) is 8.05. The van der Waals surface area contributed by atoms with Crippen LogP contribution in [0.15, 0.2) is 30.9 Å². The molecule has 4 aromatic rings. The Morgan fingerprint density at radius 3 is 3.04 bits per heavy atom. The molecule has 0 fully saturated rings. The highest BCUT2D eigenvalue weighted by molar-refractivity contribution is 7.10. The first kappa shape index (κ1) is 18.5. The average molecular weight is 398 g/mol. The molecule has 4 rings (SSSR count). The Bertz CT molecular complexity index is 1060. The summed E-state index contributed by atoms with van der Waals surface area (Å²) in [5, 5.41) is 11.2. The van der Waals surface area contributed by atoms with Gasteiger partial charge in [-0.25, -0.2) is 9.97 Å². The maximum absolute atomic E-state index is 5.12. The van der Waals surface area contributed by atoms with E-state index in [4.69, 9.17) is 4.74 Å². The predicted octanol–water partition coefficient (Wildman–Crippen LogP) is 2.71. The first-order valence-corrected chi connectivity index (χ1v) is 9.65. The maximum Gasteiger partial charge on any atom is 0.180 e. The summed E-state index contributed by atoms with van der Waals surface area (Å²) in [6.45, 7) is 4.30. The normalized spacial score (nSPS) is 11.6. The summed E-state index contributed by atoms with van der Waals surface area (Å²) in [5.41, 5.74) is 4.60. The smallest absolute Gasteiger partial charge is 0.180 e. The van der Waals surface area contributed by atoms with E-state index in [1.54, 1.807) is 13.3 Å². The van der Waals surface area contributed by atoms with Gasteiger partial charge in [-0.2, -0.15) is 9.47 Å². The van der Waals surface area contributed by atoms with E-state index in [9.17, 15) is 0 Å². The third kappa shape index (κ3) is 3.88. The molecule has 0 bridgehead atoms. The fourth-order valence-corrected chi connectivity index (χ4v) is 3.62. The quantitative estimate of drug-likeness (QED) is 0.471. The first-order chi connectivity index (χ1) is 13.6. The van der Waals surface area contributed by atoms with Crippen LogP contribution in [0.25, 0.3) is 16.9 Å². The lowest BCUT2D eigenvalue weighted by atomic mass is 10.3. The standard InChI is InChI=1S/C18H22N8OS/c1-12-10-26-15(13-7-20-21-8-13)9-19-18(26)17(22-12)23-16-6-14(24-28-16)11-25(2)4-5-27-3/h6-10H,4-5,11H2,1-3H3,(H,20,21)(H,22,23). The van der Waals surface area contributed by atoms with E-state index in [1.807, 2.05) is 29.9 Å². The topological polar surface area (TPSA) is 96.3 Å². The van der Waals surface area contributed by atoms with Gasteiger partial charge in [0.05, 0.1) is 36.1 Å². The van der Waals surface area contributed by atoms with E-state index in [0.717, 1.165) is 46.4 Å². The number of likely N-dealkylation sites (N-methyl/N-ethyl adjacent to an activating group) is 1. The third-order valence-corrected chi connectivity index (χ3v) is 5.06. The second-order valence-corrected chi connectivity index (χ2v) is 7.40. The van der Waals surface area contributed by atoms with Crippen molar-refractivity contribution in [1.82, 2.24) is 33.8 Å². The minimum Gasteiger partial charge on any atom is -0.383 e. The highest BCUT2D eigenvalue weighted by atomic mass is 32.1. The lowest BCUT2D eigenvalue weighted by molar-refractivity contribution is 0.158. The zero-order chi connectivity index (χ0) is 19.5. The van der Waals surface area contributed by atoms with Crippen molar-refractivity contribution in [3.63, 3.8) is 0 Å². The molecule has 0 saturated heterocycles. The van der Waals surface area contributed by atoms with E-state index in [-0.39, 0.29) is 0 Å². The number of anilines is 2. The molecule has 146 valence electrons. The molecule has 9 nitrogen and oxygen atoms in total. The van der Waals surface area contributed by atoms with Crippen LogP contribution in [0.5, 0.6) is 0 Å². The van der Waals surface area contributed by atoms with E-state index >= 15 is 0 Å². The number of imidazole rings is 1. The molecule has 2 N–H and O–H groups in total. The van der Waals surface area contributed by atoms with Crippen molar-refractivity contribution in [2.45, 2.75) is 13.5 Å². The number of aromatic nitrogens is 6. The number of hydrogen-bond acceptors (Lipinski definition) is 8. The Balaban J connectivity index is 1.57. The van der Waals surface area contributed by atoms with Crippen LogP contribution in [0.1, 0.15) is 11.4 Å². The molecular formula is C18H22N8OS. The first-order valence-electron chi connectivity index (χ1n) is 8.88. The van der Waals surface area contributed by atoms with Crippen molar-refractivity contribution < 1.29 is 4.74 Å². The Labute approximate surface area is 166 Å². The molecular weight excluding hydrogens is 376 g/mol. The molecule has 0 atom stereocenters. The van der Waals surface area contributed by atoms with Gasteiger partial charge < -0.3 is 10.1 Å². The van der Waals surface area contributed by atoms with Crippen LogP contribution in [0, 0.1) is 6.92 Å². The number of methoxy groups -OCH3 is 1. The zero-order valence-corrected chi connectivity index (χ0v) is 16.8. The number of fused-ring (bicyclic) bond motifs is 1. The fourth-order valence-electron chi connectivity index (χ4n) is 2.96. The largest absolute Gasteiger partial charge is 0.383 e. The van der Waals surface area contributed by atoms with Crippen molar-refractivity contribution in [1.29, 1.82) is 0 Å². The average Bonchev–Trinajstić information content (AvgIpc) is 3.40. The van der Waals surface area contributed by atoms with Crippen LogP contribution in [-0.4, -0.2) is 61.1 Å². The van der Waals surface area contributed by atoms with Crippen molar-refractivity contribution in [3.05, 3.63) is 42.2 Å². The van der Waals surface area contributed by atoms with Gasteiger partial charge in [0.15, 0.2) is 11.5 Å². The molecule has 0 saturated carbocycles. The van der Waals surface area contributed by atoms with Gasteiger partial charge in [-0.15, -0.1) is 0 Å². The minimum absolute atomic E-state index is 0.704. The molecule has 0 spiro atoms. The second-order valence-electron chi connectivity index (χ2n) is 6.59. The summed E-state index contributed by atoms with van der Waals surface area (Å²) in [4.78, 5) is 11.4. The van der Waals surface area contributed by atoms with E-state index in [1.165, 1.54) is 11.5 Å². The van der Waals surface area contributed by atoms with Crippen molar-refractivity contribution in [2.24, 2.45) is 0 Å². The Morgan fingerprint density at radius 2 is 2.25 bits per heavy atom. The number of aromatic amines is 1. The molecule has 0 amide bonds. The van der Waals surface area contributed by atoms with Crippen LogP contribution in [0.3, 0.4) is 0 Å². The fraction of sp³-hybridized carbons (Fsp3) is 0.333. The molecule has 10 heteroatoms. The van der Waals surface area contributed by atoms with Gasteiger partial charge in [0, 0.05) is 38.2 Å². The van der Waals surface area contributed by atoms with Gasteiger partial charge in [-0.05, 0) is 31.6 Å². The van der Waals surface area contributed by atoms with Crippen molar-refractivity contribution >= 4 is 28.0 Å². The van der Waals surface area contributed by atoms with Crippen LogP contribution in [-0.2, 0) is 11.3 Å². The molecule has 0 aliphatic rings. The number of ether oxygens (including phenoxy) is 1. The summed E-state index contributed by atoms with van der Waals surface area (Å²) < 4.78 is 11.7. The molecule has 0 aliphatic carbocycles. The summed E-state index contributed by atoms with van der Waals surface area (Å²) in [6.07, 6.45) is 7.43. The lowest BCUT2D eigenvalue weighted by Gasteiger charge is -2.13. The van der Waals surface area contributed by atoms with Crippen molar-refractivity contribution in [2.75, 3.05) is 32.6 Å². The van der Waals surface area contributed by atoms with Crippen LogP contribution >= 0.6 is 11.5 Å². The van der Waals surface area contributed by atoms with Gasteiger partial charge in [0.25, 0.3) is 0 Å². The van der Waals surface area contributed by atoms with Gasteiger partial charge in [0.2, 0.25) is 0 Å². The van der Waals surface area contributed by atoms with Gasteiger partial charge >= 0.3 is 0 Å². The zero-order valence-electron chi connectivity index (χ0n) is 16.0. The van der Waals surface area contributed by atoms with Crippen molar-refractivity contribution in [3.8, 4) is 11.3 Å².